The summed E-state index contributed by atoms with van der Waals surface area (Å²) in [4.78, 5) is 26.2. The Kier molecular flexibility index (Phi) is 5.65. The molecule has 0 saturated carbocycles. The second-order valence-electron chi connectivity index (χ2n) is 5.85. The van der Waals surface area contributed by atoms with Gasteiger partial charge in [0.15, 0.2) is 0 Å². The molecule has 0 spiro atoms. The van der Waals surface area contributed by atoms with Crippen LogP contribution in [0.2, 0.25) is 0 Å². The van der Waals surface area contributed by atoms with E-state index in [4.69, 9.17) is 0 Å². The molecule has 0 aliphatic carbocycles. The minimum Gasteiger partial charge on any atom is -0.340 e. The third-order valence-electron chi connectivity index (χ3n) is 3.88. The van der Waals surface area contributed by atoms with Crippen molar-refractivity contribution in [2.75, 3.05) is 18.9 Å². The topological polar surface area (TPSA) is 71.0 Å². The summed E-state index contributed by atoms with van der Waals surface area (Å²) < 4.78 is 26.7. The summed E-state index contributed by atoms with van der Waals surface area (Å²) in [6, 6.07) is 8.38. The van der Waals surface area contributed by atoms with Crippen LogP contribution in [0, 0.1) is 11.6 Å². The smallest absolute Gasteiger partial charge is 0.272 e. The summed E-state index contributed by atoms with van der Waals surface area (Å²) in [7, 11) is 1.68. The highest BCUT2D eigenvalue weighted by molar-refractivity contribution is 5.92. The van der Waals surface area contributed by atoms with Crippen LogP contribution in [-0.4, -0.2) is 39.4 Å². The number of carbonyl (C=O) groups excluding carboxylic acids is 1. The molecule has 6 nitrogen and oxygen atoms in total. The normalized spacial score (nSPS) is 10.5. The van der Waals surface area contributed by atoms with Gasteiger partial charge in [0.1, 0.15) is 17.3 Å². The first kappa shape index (κ1) is 18.4. The fraction of sp³-hybridized carbons (Fsp3) is 0.158. The van der Waals surface area contributed by atoms with Crippen LogP contribution in [0.1, 0.15) is 16.1 Å². The second-order valence-corrected chi connectivity index (χ2v) is 5.85. The van der Waals surface area contributed by atoms with E-state index in [1.807, 2.05) is 12.1 Å². The van der Waals surface area contributed by atoms with Crippen molar-refractivity contribution in [3.63, 3.8) is 0 Å². The number of halogens is 2. The van der Waals surface area contributed by atoms with Crippen LogP contribution < -0.4 is 5.32 Å². The highest BCUT2D eigenvalue weighted by Crippen LogP contribution is 2.18. The average molecular weight is 369 g/mol. The molecule has 0 unspecified atom stereocenters. The number of amides is 1. The highest BCUT2D eigenvalue weighted by atomic mass is 19.1. The molecule has 1 N–H and O–H groups in total. The Morgan fingerprint density at radius 3 is 2.63 bits per heavy atom. The van der Waals surface area contributed by atoms with E-state index in [2.05, 4.69) is 20.3 Å². The van der Waals surface area contributed by atoms with Gasteiger partial charge in [0, 0.05) is 38.2 Å². The number of aromatic nitrogens is 3. The summed E-state index contributed by atoms with van der Waals surface area (Å²) in [6.45, 7) is 0.502. The van der Waals surface area contributed by atoms with E-state index < -0.39 is 11.6 Å². The number of benzene rings is 1. The maximum absolute atomic E-state index is 13.7. The molecule has 0 aliphatic rings. The molecule has 1 aromatic carbocycles. The number of rotatable bonds is 6. The quantitative estimate of drug-likeness (QED) is 0.722. The van der Waals surface area contributed by atoms with Gasteiger partial charge < -0.3 is 10.2 Å². The predicted molar refractivity (Wildman–Crippen MR) is 96.6 cm³/mol. The van der Waals surface area contributed by atoms with Crippen LogP contribution in [0.5, 0.6) is 0 Å². The van der Waals surface area contributed by atoms with Gasteiger partial charge in [0.05, 0.1) is 5.69 Å². The highest BCUT2D eigenvalue weighted by Gasteiger charge is 2.15. The maximum atomic E-state index is 13.7. The van der Waals surface area contributed by atoms with Crippen molar-refractivity contribution < 1.29 is 13.6 Å². The molecule has 1 amide bonds. The SMILES string of the molecule is CN(CCc1ccncc1)C(=O)c1ccnc(Nc2ccc(F)cc2F)n1. The molecule has 3 aromatic rings. The average Bonchev–Trinajstić information content (AvgIpc) is 2.69. The van der Waals surface area contributed by atoms with E-state index in [-0.39, 0.29) is 23.2 Å². The molecule has 0 saturated heterocycles. The number of pyridine rings is 1. The fourth-order valence-electron chi connectivity index (χ4n) is 2.39. The van der Waals surface area contributed by atoms with Gasteiger partial charge in [0.2, 0.25) is 5.95 Å². The monoisotopic (exact) mass is 369 g/mol. The van der Waals surface area contributed by atoms with Crippen LogP contribution in [-0.2, 0) is 6.42 Å². The van der Waals surface area contributed by atoms with Crippen molar-refractivity contribution in [2.24, 2.45) is 0 Å². The van der Waals surface area contributed by atoms with Gasteiger partial charge in [-0.05, 0) is 42.3 Å². The number of nitrogens with one attached hydrogen (secondary N) is 1. The molecular weight excluding hydrogens is 352 g/mol. The lowest BCUT2D eigenvalue weighted by molar-refractivity contribution is 0.0791. The molecule has 2 aromatic heterocycles. The molecule has 0 radical (unpaired) electrons. The standard InChI is InChI=1S/C19H17F2N5O/c1-26(11-7-13-4-8-22-9-5-13)18(27)17-6-10-23-19(25-17)24-16-3-2-14(20)12-15(16)21/h2-6,8-10,12H,7,11H2,1H3,(H,23,24,25). The third kappa shape index (κ3) is 4.81. The largest absolute Gasteiger partial charge is 0.340 e. The summed E-state index contributed by atoms with van der Waals surface area (Å²) in [5.74, 6) is -1.69. The van der Waals surface area contributed by atoms with Crippen LogP contribution in [0.25, 0.3) is 0 Å². The maximum Gasteiger partial charge on any atom is 0.272 e. The third-order valence-corrected chi connectivity index (χ3v) is 3.88. The van der Waals surface area contributed by atoms with Gasteiger partial charge in [0.25, 0.3) is 5.91 Å². The number of anilines is 2. The number of nitrogens with zero attached hydrogens (tertiary/aromatic N) is 4. The van der Waals surface area contributed by atoms with E-state index in [1.54, 1.807) is 24.3 Å². The van der Waals surface area contributed by atoms with Gasteiger partial charge in [-0.15, -0.1) is 0 Å². The summed E-state index contributed by atoms with van der Waals surface area (Å²) in [5, 5.41) is 2.65. The molecule has 0 aliphatic heterocycles. The first-order chi connectivity index (χ1) is 13.0. The first-order valence-corrected chi connectivity index (χ1v) is 8.22. The molecule has 2 heterocycles. The summed E-state index contributed by atoms with van der Waals surface area (Å²) in [5.41, 5.74) is 1.26. The van der Waals surface area contributed by atoms with Crippen molar-refractivity contribution in [1.82, 2.24) is 19.9 Å². The van der Waals surface area contributed by atoms with E-state index in [9.17, 15) is 13.6 Å². The van der Waals surface area contributed by atoms with Gasteiger partial charge in [-0.25, -0.2) is 18.7 Å². The van der Waals surface area contributed by atoms with Crippen LogP contribution in [0.15, 0.2) is 55.0 Å². The molecule has 0 bridgehead atoms. The van der Waals surface area contributed by atoms with Crippen LogP contribution in [0.3, 0.4) is 0 Å². The summed E-state index contributed by atoms with van der Waals surface area (Å²) >= 11 is 0. The molecule has 3 rings (SSSR count). The van der Waals surface area contributed by atoms with Crippen molar-refractivity contribution in [3.05, 3.63) is 77.9 Å². The second kappa shape index (κ2) is 8.31. The zero-order chi connectivity index (χ0) is 19.2. The fourth-order valence-corrected chi connectivity index (χ4v) is 2.39. The Hall–Kier alpha value is -3.42. The zero-order valence-electron chi connectivity index (χ0n) is 14.6. The lowest BCUT2D eigenvalue weighted by atomic mass is 10.2. The van der Waals surface area contributed by atoms with Crippen LogP contribution in [0.4, 0.5) is 20.4 Å². The van der Waals surface area contributed by atoms with Crippen LogP contribution >= 0.6 is 0 Å². The Morgan fingerprint density at radius 2 is 1.89 bits per heavy atom. The molecule has 27 heavy (non-hydrogen) atoms. The Morgan fingerprint density at radius 1 is 1.11 bits per heavy atom. The number of hydrogen-bond donors (Lipinski definition) is 1. The zero-order valence-corrected chi connectivity index (χ0v) is 14.6. The lowest BCUT2D eigenvalue weighted by Crippen LogP contribution is -2.29. The first-order valence-electron chi connectivity index (χ1n) is 8.22. The minimum absolute atomic E-state index is 0.0204. The summed E-state index contributed by atoms with van der Waals surface area (Å²) in [6.07, 6.45) is 5.49. The number of likely N-dealkylation sites (N-methyl/N-ethyl adjacent to an activating group) is 1. The van der Waals surface area contributed by atoms with E-state index in [0.29, 0.717) is 13.0 Å². The van der Waals surface area contributed by atoms with Gasteiger partial charge >= 0.3 is 0 Å². The van der Waals surface area contributed by atoms with Crippen molar-refractivity contribution in [3.8, 4) is 0 Å². The molecule has 0 fully saturated rings. The molecule has 138 valence electrons. The Bertz CT molecular complexity index is 936. The van der Waals surface area contributed by atoms with E-state index >= 15 is 0 Å². The lowest BCUT2D eigenvalue weighted by Gasteiger charge is -2.17. The van der Waals surface area contributed by atoms with Gasteiger partial charge in [-0.2, -0.15) is 0 Å². The Labute approximate surface area is 154 Å². The van der Waals surface area contributed by atoms with E-state index in [1.165, 1.54) is 18.3 Å². The van der Waals surface area contributed by atoms with Gasteiger partial charge in [-0.3, -0.25) is 9.78 Å². The van der Waals surface area contributed by atoms with Crippen molar-refractivity contribution in [2.45, 2.75) is 6.42 Å². The number of carbonyl (C=O) groups is 1. The molecule has 8 heteroatoms. The predicted octanol–water partition coefficient (Wildman–Crippen LogP) is 3.21. The van der Waals surface area contributed by atoms with Crippen molar-refractivity contribution >= 4 is 17.5 Å². The van der Waals surface area contributed by atoms with Gasteiger partial charge in [-0.1, -0.05) is 0 Å². The molecular formula is C19H17F2N5O. The number of hydrogen-bond acceptors (Lipinski definition) is 5. The minimum atomic E-state index is -0.773. The molecule has 0 atom stereocenters. The van der Waals surface area contributed by atoms with Crippen molar-refractivity contribution in [1.29, 1.82) is 0 Å². The van der Waals surface area contributed by atoms with E-state index in [0.717, 1.165) is 17.7 Å². The Balaban J connectivity index is 1.67.